The highest BCUT2D eigenvalue weighted by atomic mass is 16.6. The van der Waals surface area contributed by atoms with Crippen LogP contribution in [0.3, 0.4) is 0 Å². The number of aliphatic hydroxyl groups excluding tert-OH is 1. The van der Waals surface area contributed by atoms with E-state index in [9.17, 15) is 4.79 Å². The lowest BCUT2D eigenvalue weighted by Gasteiger charge is -2.19. The van der Waals surface area contributed by atoms with Gasteiger partial charge in [0.2, 0.25) is 0 Å². The van der Waals surface area contributed by atoms with Gasteiger partial charge in [-0.1, -0.05) is 12.1 Å². The molecule has 1 aromatic rings. The lowest BCUT2D eigenvalue weighted by Crippen LogP contribution is -2.23. The smallest absolute Gasteiger partial charge is 0.338 e. The van der Waals surface area contributed by atoms with Gasteiger partial charge in [-0.3, -0.25) is 0 Å². The summed E-state index contributed by atoms with van der Waals surface area (Å²) in [7, 11) is 0. The third-order valence-electron chi connectivity index (χ3n) is 2.36. The highest BCUT2D eigenvalue weighted by Gasteiger charge is 2.17. The van der Waals surface area contributed by atoms with Crippen molar-refractivity contribution in [1.82, 2.24) is 0 Å². The lowest BCUT2D eigenvalue weighted by atomic mass is 10.1. The van der Waals surface area contributed by atoms with E-state index in [4.69, 9.17) is 14.6 Å². The van der Waals surface area contributed by atoms with Gasteiger partial charge >= 0.3 is 5.97 Å². The summed E-state index contributed by atoms with van der Waals surface area (Å²) in [4.78, 5) is 11.8. The number of hydrogen-bond donors (Lipinski definition) is 1. The van der Waals surface area contributed by atoms with Gasteiger partial charge in [-0.15, -0.1) is 0 Å². The molecule has 1 N–H and O–H groups in total. The molecule has 0 aliphatic rings. The molecule has 0 atom stereocenters. The zero-order valence-corrected chi connectivity index (χ0v) is 11.8. The van der Waals surface area contributed by atoms with E-state index in [1.165, 1.54) is 0 Å². The molecule has 0 saturated heterocycles. The van der Waals surface area contributed by atoms with Gasteiger partial charge in [-0.05, 0) is 44.9 Å². The summed E-state index contributed by atoms with van der Waals surface area (Å²) in [6.45, 7) is 6.49. The van der Waals surface area contributed by atoms with Crippen molar-refractivity contribution in [3.63, 3.8) is 0 Å². The molecule has 4 heteroatoms. The van der Waals surface area contributed by atoms with Crippen LogP contribution < -0.4 is 0 Å². The summed E-state index contributed by atoms with van der Waals surface area (Å²) < 4.78 is 10.5. The molecule has 0 heterocycles. The second kappa shape index (κ2) is 7.26. The zero-order valence-electron chi connectivity index (χ0n) is 11.8. The third kappa shape index (κ3) is 6.36. The fraction of sp³-hybridized carbons (Fsp3) is 0.533. The highest BCUT2D eigenvalue weighted by molar-refractivity contribution is 5.89. The number of carbonyl (C=O) groups excluding carboxylic acids is 1. The molecular formula is C15H22O4. The SMILES string of the molecule is CC(C)(C)OC(=O)c1ccc(CCOCCO)cc1. The zero-order chi connectivity index (χ0) is 14.3. The maximum atomic E-state index is 11.8. The van der Waals surface area contributed by atoms with Gasteiger partial charge in [-0.25, -0.2) is 4.79 Å². The summed E-state index contributed by atoms with van der Waals surface area (Å²) in [5, 5.41) is 8.58. The maximum Gasteiger partial charge on any atom is 0.338 e. The van der Waals surface area contributed by atoms with Crippen molar-refractivity contribution in [2.24, 2.45) is 0 Å². The Morgan fingerprint density at radius 2 is 1.79 bits per heavy atom. The first kappa shape index (κ1) is 15.7. The molecule has 4 nitrogen and oxygen atoms in total. The van der Waals surface area contributed by atoms with Crippen molar-refractivity contribution in [3.8, 4) is 0 Å². The van der Waals surface area contributed by atoms with Gasteiger partial charge in [0.05, 0.1) is 25.4 Å². The first-order chi connectivity index (χ1) is 8.92. The van der Waals surface area contributed by atoms with Crippen LogP contribution in [0.2, 0.25) is 0 Å². The Balaban J connectivity index is 2.49. The molecule has 1 rings (SSSR count). The Kier molecular flexibility index (Phi) is 5.99. The summed E-state index contributed by atoms with van der Waals surface area (Å²) >= 11 is 0. The van der Waals surface area contributed by atoms with Gasteiger partial charge in [0, 0.05) is 0 Å². The minimum atomic E-state index is -0.478. The Bertz CT molecular complexity index is 390. The number of aliphatic hydroxyl groups is 1. The molecule has 0 aliphatic carbocycles. The van der Waals surface area contributed by atoms with Crippen molar-refractivity contribution < 1.29 is 19.4 Å². The first-order valence-electron chi connectivity index (χ1n) is 6.43. The molecule has 0 aliphatic heterocycles. The molecule has 106 valence electrons. The Morgan fingerprint density at radius 1 is 1.16 bits per heavy atom. The third-order valence-corrected chi connectivity index (χ3v) is 2.36. The van der Waals surface area contributed by atoms with E-state index >= 15 is 0 Å². The van der Waals surface area contributed by atoms with Crippen LogP contribution in [0.15, 0.2) is 24.3 Å². The number of benzene rings is 1. The molecule has 0 bridgehead atoms. The second-order valence-electron chi connectivity index (χ2n) is 5.28. The van der Waals surface area contributed by atoms with Crippen molar-refractivity contribution in [1.29, 1.82) is 0 Å². The van der Waals surface area contributed by atoms with Gasteiger partial charge in [-0.2, -0.15) is 0 Å². The van der Waals surface area contributed by atoms with Crippen LogP contribution in [0, 0.1) is 0 Å². The normalized spacial score (nSPS) is 11.4. The van der Waals surface area contributed by atoms with Crippen LogP contribution in [0.1, 0.15) is 36.7 Å². The average molecular weight is 266 g/mol. The Morgan fingerprint density at radius 3 is 2.32 bits per heavy atom. The molecule has 1 aromatic carbocycles. The number of esters is 1. The van der Waals surface area contributed by atoms with Gasteiger partial charge in [0.1, 0.15) is 5.60 Å². The Hall–Kier alpha value is -1.39. The van der Waals surface area contributed by atoms with Gasteiger partial charge < -0.3 is 14.6 Å². The van der Waals surface area contributed by atoms with E-state index in [-0.39, 0.29) is 12.6 Å². The summed E-state index contributed by atoms with van der Waals surface area (Å²) in [5.74, 6) is -0.310. The summed E-state index contributed by atoms with van der Waals surface area (Å²) in [6.07, 6.45) is 0.759. The van der Waals surface area contributed by atoms with E-state index in [2.05, 4.69) is 0 Å². The maximum absolute atomic E-state index is 11.8. The molecule has 0 fully saturated rings. The van der Waals surface area contributed by atoms with Crippen LogP contribution in [0.4, 0.5) is 0 Å². The van der Waals surface area contributed by atoms with E-state index in [0.717, 1.165) is 12.0 Å². The van der Waals surface area contributed by atoms with Crippen molar-refractivity contribution in [3.05, 3.63) is 35.4 Å². The first-order valence-corrected chi connectivity index (χ1v) is 6.43. The molecule has 0 unspecified atom stereocenters. The molecule has 0 radical (unpaired) electrons. The summed E-state index contributed by atoms with van der Waals surface area (Å²) in [5.41, 5.74) is 1.16. The van der Waals surface area contributed by atoms with Crippen molar-refractivity contribution in [2.45, 2.75) is 32.8 Å². The van der Waals surface area contributed by atoms with E-state index < -0.39 is 5.60 Å². The van der Waals surface area contributed by atoms with Crippen LogP contribution in [-0.4, -0.2) is 36.5 Å². The van der Waals surface area contributed by atoms with E-state index in [1.807, 2.05) is 32.9 Å². The molecule has 0 aromatic heterocycles. The number of rotatable bonds is 6. The Labute approximate surface area is 114 Å². The molecule has 0 spiro atoms. The fourth-order valence-corrected chi connectivity index (χ4v) is 1.50. The number of carbonyl (C=O) groups is 1. The molecule has 19 heavy (non-hydrogen) atoms. The van der Waals surface area contributed by atoms with Crippen LogP contribution >= 0.6 is 0 Å². The minimum Gasteiger partial charge on any atom is -0.456 e. The summed E-state index contributed by atoms with van der Waals surface area (Å²) in [6, 6.07) is 7.30. The van der Waals surface area contributed by atoms with Crippen LogP contribution in [0.25, 0.3) is 0 Å². The van der Waals surface area contributed by atoms with Gasteiger partial charge in [0.25, 0.3) is 0 Å². The minimum absolute atomic E-state index is 0.0393. The average Bonchev–Trinajstić information content (AvgIpc) is 2.33. The quantitative estimate of drug-likeness (QED) is 0.633. The molecular weight excluding hydrogens is 244 g/mol. The predicted octanol–water partition coefficient (Wildman–Crippen LogP) is 2.19. The lowest BCUT2D eigenvalue weighted by molar-refractivity contribution is 0.00695. The highest BCUT2D eigenvalue weighted by Crippen LogP contribution is 2.13. The van der Waals surface area contributed by atoms with Crippen LogP contribution in [-0.2, 0) is 15.9 Å². The monoisotopic (exact) mass is 266 g/mol. The van der Waals surface area contributed by atoms with Gasteiger partial charge in [0.15, 0.2) is 0 Å². The standard InChI is InChI=1S/C15H22O4/c1-15(2,3)19-14(17)13-6-4-12(5-7-13)8-10-18-11-9-16/h4-7,16H,8-11H2,1-3H3. The molecule has 0 saturated carbocycles. The fourth-order valence-electron chi connectivity index (χ4n) is 1.50. The largest absolute Gasteiger partial charge is 0.456 e. The van der Waals surface area contributed by atoms with Crippen LogP contribution in [0.5, 0.6) is 0 Å². The topological polar surface area (TPSA) is 55.8 Å². The predicted molar refractivity (Wildman–Crippen MR) is 73.2 cm³/mol. The van der Waals surface area contributed by atoms with Crippen molar-refractivity contribution in [2.75, 3.05) is 19.8 Å². The van der Waals surface area contributed by atoms with E-state index in [0.29, 0.717) is 18.8 Å². The number of hydrogen-bond acceptors (Lipinski definition) is 4. The molecule has 0 amide bonds. The van der Waals surface area contributed by atoms with E-state index in [1.54, 1.807) is 12.1 Å². The number of ether oxygens (including phenoxy) is 2. The van der Waals surface area contributed by atoms with Crippen molar-refractivity contribution >= 4 is 5.97 Å². The second-order valence-corrected chi connectivity index (χ2v) is 5.28.